The van der Waals surface area contributed by atoms with Crippen LogP contribution >= 0.6 is 0 Å². The molecule has 0 aliphatic rings. The van der Waals surface area contributed by atoms with E-state index in [-0.39, 0.29) is 0 Å². The molecule has 0 aliphatic carbocycles. The van der Waals surface area contributed by atoms with Crippen molar-refractivity contribution in [2.24, 2.45) is 0 Å². The molecule has 0 unspecified atom stereocenters. The summed E-state index contributed by atoms with van der Waals surface area (Å²) in [5.74, 6) is 0.990. The van der Waals surface area contributed by atoms with Crippen LogP contribution in [0.25, 0.3) is 0 Å². The van der Waals surface area contributed by atoms with Crippen LogP contribution in [0.1, 0.15) is 58.4 Å². The molecule has 0 saturated carbocycles. The third-order valence-electron chi connectivity index (χ3n) is 3.44. The molecule has 1 aromatic rings. The molecular weight excluding hydrogens is 246 g/mol. The van der Waals surface area contributed by atoms with Crippen LogP contribution < -0.4 is 5.32 Å². The molecule has 0 atom stereocenters. The number of rotatable bonds is 11. The van der Waals surface area contributed by atoms with Gasteiger partial charge in [0.15, 0.2) is 0 Å². The van der Waals surface area contributed by atoms with Crippen LogP contribution in [-0.2, 0) is 6.54 Å². The lowest BCUT2D eigenvalue weighted by molar-refractivity contribution is 0.257. The minimum absolute atomic E-state index is 0.990. The van der Waals surface area contributed by atoms with Gasteiger partial charge in [-0.1, -0.05) is 39.7 Å². The summed E-state index contributed by atoms with van der Waals surface area (Å²) in [6.45, 7) is 11.1. The lowest BCUT2D eigenvalue weighted by Crippen LogP contribution is -2.25. The first kappa shape index (κ1) is 17.0. The molecule has 0 spiro atoms. The van der Waals surface area contributed by atoms with Crippen LogP contribution in [0.2, 0.25) is 0 Å². The summed E-state index contributed by atoms with van der Waals surface area (Å²) in [6, 6.07) is 4.30. The SMILES string of the molecule is CCCCN(CCCC)Cc1ccc(NCCC)nc1. The average Bonchev–Trinajstić information content (AvgIpc) is 2.49. The fraction of sp³-hybridized carbons (Fsp3) is 0.706. The highest BCUT2D eigenvalue weighted by molar-refractivity contribution is 5.35. The molecular formula is C17H31N3. The number of pyridine rings is 1. The smallest absolute Gasteiger partial charge is 0.125 e. The van der Waals surface area contributed by atoms with Crippen LogP contribution in [0.4, 0.5) is 5.82 Å². The minimum atomic E-state index is 0.990. The number of unbranched alkanes of at least 4 members (excludes halogenated alkanes) is 2. The predicted molar refractivity (Wildman–Crippen MR) is 88.1 cm³/mol. The standard InChI is InChI=1S/C17H31N3/c1-4-7-12-20(13-8-5-2)15-16-9-10-17(19-14-16)18-11-6-3/h9-10,14H,4-8,11-13,15H2,1-3H3,(H,18,19). The molecule has 0 aromatic carbocycles. The zero-order chi connectivity index (χ0) is 14.6. The Hall–Kier alpha value is -1.09. The summed E-state index contributed by atoms with van der Waals surface area (Å²) >= 11 is 0. The van der Waals surface area contributed by atoms with Gasteiger partial charge in [-0.2, -0.15) is 0 Å². The Morgan fingerprint density at radius 2 is 1.70 bits per heavy atom. The monoisotopic (exact) mass is 277 g/mol. The van der Waals surface area contributed by atoms with E-state index < -0.39 is 0 Å². The molecule has 0 amide bonds. The Labute approximate surface area is 124 Å². The Bertz CT molecular complexity index is 327. The van der Waals surface area contributed by atoms with Crippen molar-refractivity contribution in [3.8, 4) is 0 Å². The summed E-state index contributed by atoms with van der Waals surface area (Å²) < 4.78 is 0. The number of nitrogens with zero attached hydrogens (tertiary/aromatic N) is 2. The van der Waals surface area contributed by atoms with Crippen LogP contribution in [0, 0.1) is 0 Å². The van der Waals surface area contributed by atoms with E-state index in [4.69, 9.17) is 0 Å². The average molecular weight is 277 g/mol. The lowest BCUT2D eigenvalue weighted by Gasteiger charge is -2.22. The van der Waals surface area contributed by atoms with Crippen molar-refractivity contribution >= 4 is 5.82 Å². The fourth-order valence-corrected chi connectivity index (χ4v) is 2.17. The zero-order valence-electron chi connectivity index (χ0n) is 13.5. The molecule has 0 saturated heterocycles. The van der Waals surface area contributed by atoms with Gasteiger partial charge in [-0.3, -0.25) is 4.90 Å². The number of aromatic nitrogens is 1. The van der Waals surface area contributed by atoms with Gasteiger partial charge in [0.2, 0.25) is 0 Å². The molecule has 3 heteroatoms. The molecule has 20 heavy (non-hydrogen) atoms. The van der Waals surface area contributed by atoms with Gasteiger partial charge in [0.05, 0.1) is 0 Å². The maximum absolute atomic E-state index is 4.49. The number of hydrogen-bond donors (Lipinski definition) is 1. The van der Waals surface area contributed by atoms with Gasteiger partial charge in [0.25, 0.3) is 0 Å². The molecule has 0 aliphatic heterocycles. The highest BCUT2D eigenvalue weighted by atomic mass is 15.1. The van der Waals surface area contributed by atoms with Crippen molar-refractivity contribution < 1.29 is 0 Å². The van der Waals surface area contributed by atoms with Crippen LogP contribution in [-0.4, -0.2) is 29.5 Å². The van der Waals surface area contributed by atoms with Crippen molar-refractivity contribution in [2.75, 3.05) is 25.0 Å². The van der Waals surface area contributed by atoms with Crippen LogP contribution in [0.5, 0.6) is 0 Å². The van der Waals surface area contributed by atoms with E-state index in [2.05, 4.69) is 48.1 Å². The van der Waals surface area contributed by atoms with Crippen LogP contribution in [0.15, 0.2) is 18.3 Å². The Kier molecular flexibility index (Phi) is 9.05. The molecule has 0 radical (unpaired) electrons. The second-order valence-corrected chi connectivity index (χ2v) is 5.46. The van der Waals surface area contributed by atoms with Gasteiger partial charge >= 0.3 is 0 Å². The van der Waals surface area contributed by atoms with E-state index in [0.29, 0.717) is 0 Å². The second-order valence-electron chi connectivity index (χ2n) is 5.46. The molecule has 1 rings (SSSR count). The quantitative estimate of drug-likeness (QED) is 0.653. The maximum atomic E-state index is 4.49. The number of nitrogens with one attached hydrogen (secondary N) is 1. The van der Waals surface area contributed by atoms with Gasteiger partial charge in [0.1, 0.15) is 5.82 Å². The fourth-order valence-electron chi connectivity index (χ4n) is 2.17. The zero-order valence-corrected chi connectivity index (χ0v) is 13.5. The first-order chi connectivity index (χ1) is 9.80. The van der Waals surface area contributed by atoms with Gasteiger partial charge in [0, 0.05) is 19.3 Å². The van der Waals surface area contributed by atoms with Gasteiger partial charge in [-0.05, 0) is 44.0 Å². The summed E-state index contributed by atoms with van der Waals surface area (Å²) in [7, 11) is 0. The van der Waals surface area contributed by atoms with E-state index in [9.17, 15) is 0 Å². The highest BCUT2D eigenvalue weighted by Gasteiger charge is 2.05. The maximum Gasteiger partial charge on any atom is 0.125 e. The summed E-state index contributed by atoms with van der Waals surface area (Å²) in [5, 5.41) is 3.32. The van der Waals surface area contributed by atoms with Crippen molar-refractivity contribution in [3.63, 3.8) is 0 Å². The number of hydrogen-bond acceptors (Lipinski definition) is 3. The molecule has 0 bridgehead atoms. The Balaban J connectivity index is 2.49. The topological polar surface area (TPSA) is 28.2 Å². The summed E-state index contributed by atoms with van der Waals surface area (Å²) in [4.78, 5) is 7.05. The predicted octanol–water partition coefficient (Wildman–Crippen LogP) is 4.31. The molecule has 3 nitrogen and oxygen atoms in total. The van der Waals surface area contributed by atoms with Gasteiger partial charge in [-0.15, -0.1) is 0 Å². The summed E-state index contributed by atoms with van der Waals surface area (Å²) in [5.41, 5.74) is 1.32. The largest absolute Gasteiger partial charge is 0.370 e. The first-order valence-corrected chi connectivity index (χ1v) is 8.21. The van der Waals surface area contributed by atoms with E-state index in [1.807, 2.05) is 6.20 Å². The van der Waals surface area contributed by atoms with Crippen molar-refractivity contribution in [1.82, 2.24) is 9.88 Å². The van der Waals surface area contributed by atoms with Crippen molar-refractivity contribution in [2.45, 2.75) is 59.4 Å². The van der Waals surface area contributed by atoms with Crippen molar-refractivity contribution in [3.05, 3.63) is 23.9 Å². The second kappa shape index (κ2) is 10.7. The third kappa shape index (κ3) is 6.90. The lowest BCUT2D eigenvalue weighted by atomic mass is 10.2. The van der Waals surface area contributed by atoms with E-state index in [1.54, 1.807) is 0 Å². The summed E-state index contributed by atoms with van der Waals surface area (Å²) in [6.07, 6.45) is 8.25. The molecule has 0 fully saturated rings. The third-order valence-corrected chi connectivity index (χ3v) is 3.44. The van der Waals surface area contributed by atoms with E-state index >= 15 is 0 Å². The molecule has 1 N–H and O–H groups in total. The minimum Gasteiger partial charge on any atom is -0.370 e. The molecule has 1 heterocycles. The van der Waals surface area contributed by atoms with Crippen LogP contribution in [0.3, 0.4) is 0 Å². The van der Waals surface area contributed by atoms with E-state index in [1.165, 1.54) is 44.3 Å². The number of anilines is 1. The normalized spacial score (nSPS) is 11.0. The highest BCUT2D eigenvalue weighted by Crippen LogP contribution is 2.10. The Morgan fingerprint density at radius 1 is 1.00 bits per heavy atom. The Morgan fingerprint density at radius 3 is 2.20 bits per heavy atom. The molecule has 114 valence electrons. The first-order valence-electron chi connectivity index (χ1n) is 8.21. The van der Waals surface area contributed by atoms with Crippen molar-refractivity contribution in [1.29, 1.82) is 0 Å². The molecule has 1 aromatic heterocycles. The van der Waals surface area contributed by atoms with Gasteiger partial charge < -0.3 is 5.32 Å². The van der Waals surface area contributed by atoms with Gasteiger partial charge in [-0.25, -0.2) is 4.98 Å². The van der Waals surface area contributed by atoms with E-state index in [0.717, 1.165) is 25.3 Å².